The second-order valence-electron chi connectivity index (χ2n) is 5.21. The van der Waals surface area contributed by atoms with Crippen LogP contribution in [0.25, 0.3) is 0 Å². The zero-order valence-corrected chi connectivity index (χ0v) is 13.0. The second kappa shape index (κ2) is 8.21. The van der Waals surface area contributed by atoms with E-state index in [1.165, 1.54) is 12.3 Å². The summed E-state index contributed by atoms with van der Waals surface area (Å²) in [6, 6.07) is 0. The molecule has 0 unspecified atom stereocenters. The van der Waals surface area contributed by atoms with Crippen molar-refractivity contribution in [3.63, 3.8) is 0 Å². The van der Waals surface area contributed by atoms with Crippen LogP contribution in [-0.4, -0.2) is 32.5 Å². The van der Waals surface area contributed by atoms with Crippen LogP contribution in [0.3, 0.4) is 0 Å². The van der Waals surface area contributed by atoms with E-state index in [1.807, 2.05) is 0 Å². The summed E-state index contributed by atoms with van der Waals surface area (Å²) in [6.45, 7) is -0.415. The van der Waals surface area contributed by atoms with Crippen molar-refractivity contribution in [2.75, 3.05) is 6.61 Å². The maximum absolute atomic E-state index is 11.9. The second-order valence-corrected chi connectivity index (χ2v) is 5.21. The third-order valence-corrected chi connectivity index (χ3v) is 3.45. The number of aromatic amines is 1. The van der Waals surface area contributed by atoms with Crippen LogP contribution in [-0.2, 0) is 4.74 Å². The van der Waals surface area contributed by atoms with Crippen molar-refractivity contribution in [3.8, 4) is 24.2 Å². The fourth-order valence-corrected chi connectivity index (χ4v) is 2.17. The highest BCUT2D eigenvalue weighted by Gasteiger charge is 2.28. The smallest absolute Gasteiger partial charge is 0.330 e. The lowest BCUT2D eigenvalue weighted by Crippen LogP contribution is -2.33. The van der Waals surface area contributed by atoms with E-state index in [1.54, 1.807) is 0 Å². The lowest BCUT2D eigenvalue weighted by atomic mass is 10.2. The molecule has 3 N–H and O–H groups in total. The highest BCUT2D eigenvalue weighted by Crippen LogP contribution is 2.23. The minimum absolute atomic E-state index is 0.121. The molecule has 0 fully saturated rings. The number of unbranched alkanes of at least 4 members (excludes halogenated alkanes) is 3. The molecule has 126 valence electrons. The van der Waals surface area contributed by atoms with Gasteiger partial charge in [-0.05, 0) is 12.8 Å². The number of rotatable bonds is 5. The zero-order chi connectivity index (χ0) is 17.5. The summed E-state index contributed by atoms with van der Waals surface area (Å²) in [5, 5.41) is 18.7. The van der Waals surface area contributed by atoms with E-state index in [2.05, 4.69) is 22.7 Å². The van der Waals surface area contributed by atoms with Gasteiger partial charge in [0.25, 0.3) is 5.56 Å². The van der Waals surface area contributed by atoms with Crippen LogP contribution >= 0.6 is 0 Å². The van der Waals surface area contributed by atoms with E-state index >= 15 is 0 Å². The van der Waals surface area contributed by atoms with Crippen molar-refractivity contribution < 1.29 is 14.9 Å². The van der Waals surface area contributed by atoms with Crippen LogP contribution < -0.4 is 11.2 Å². The molecule has 7 heteroatoms. The van der Waals surface area contributed by atoms with Crippen molar-refractivity contribution in [1.29, 1.82) is 0 Å². The van der Waals surface area contributed by atoms with Gasteiger partial charge in [0.05, 0.1) is 6.61 Å². The maximum Gasteiger partial charge on any atom is 0.330 e. The highest BCUT2D eigenvalue weighted by atomic mass is 16.5. The average molecular weight is 330 g/mol. The van der Waals surface area contributed by atoms with Gasteiger partial charge in [-0.1, -0.05) is 11.8 Å². The van der Waals surface area contributed by atoms with Gasteiger partial charge in [0.2, 0.25) is 0 Å². The molecule has 1 aliphatic rings. The summed E-state index contributed by atoms with van der Waals surface area (Å²) >= 11 is 0. The lowest BCUT2D eigenvalue weighted by Gasteiger charge is -2.14. The van der Waals surface area contributed by atoms with Crippen molar-refractivity contribution in [1.82, 2.24) is 9.55 Å². The Bertz CT molecular complexity index is 831. The molecule has 0 radical (unpaired) electrons. The van der Waals surface area contributed by atoms with Gasteiger partial charge in [0.15, 0.2) is 6.23 Å². The zero-order valence-electron chi connectivity index (χ0n) is 13.0. The molecule has 2 rings (SSSR count). The van der Waals surface area contributed by atoms with Gasteiger partial charge in [0.1, 0.15) is 17.4 Å². The topological polar surface area (TPSA) is 105 Å². The lowest BCUT2D eigenvalue weighted by molar-refractivity contribution is -0.0250. The molecule has 2 heterocycles. The third-order valence-electron chi connectivity index (χ3n) is 3.45. The quantitative estimate of drug-likeness (QED) is 0.536. The Morgan fingerprint density at radius 1 is 1.33 bits per heavy atom. The van der Waals surface area contributed by atoms with Crippen LogP contribution in [0.1, 0.15) is 37.5 Å². The van der Waals surface area contributed by atoms with E-state index in [0.717, 1.165) is 17.4 Å². The number of nitrogens with zero attached hydrogens (tertiary/aromatic N) is 1. The van der Waals surface area contributed by atoms with E-state index < -0.39 is 30.2 Å². The molecule has 0 aliphatic carbocycles. The van der Waals surface area contributed by atoms with Gasteiger partial charge in [-0.2, -0.15) is 0 Å². The van der Waals surface area contributed by atoms with Crippen LogP contribution in [0.4, 0.5) is 0 Å². The molecule has 1 aromatic rings. The first-order valence-corrected chi connectivity index (χ1v) is 7.51. The van der Waals surface area contributed by atoms with Gasteiger partial charge < -0.3 is 14.9 Å². The minimum atomic E-state index is -0.914. The number of H-pyrrole nitrogens is 1. The molecule has 1 aromatic heterocycles. The molecule has 0 bridgehead atoms. The van der Waals surface area contributed by atoms with Crippen LogP contribution in [0.5, 0.6) is 0 Å². The number of aliphatic hydroxyl groups is 2. The Morgan fingerprint density at radius 3 is 2.75 bits per heavy atom. The first kappa shape index (κ1) is 17.6. The normalized spacial score (nSPS) is 19.2. The fourth-order valence-electron chi connectivity index (χ4n) is 2.17. The maximum atomic E-state index is 11.9. The first-order valence-electron chi connectivity index (χ1n) is 7.51. The molecular formula is C17H18N2O5. The molecule has 0 aromatic carbocycles. The van der Waals surface area contributed by atoms with Crippen LogP contribution in [0.2, 0.25) is 0 Å². The molecule has 0 amide bonds. The Hall–Kier alpha value is -2.74. The largest absolute Gasteiger partial charge is 0.510 e. The number of hydrogen-bond donors (Lipinski definition) is 3. The van der Waals surface area contributed by atoms with E-state index in [-0.39, 0.29) is 11.3 Å². The summed E-state index contributed by atoms with van der Waals surface area (Å²) in [6.07, 6.45) is 8.90. The predicted molar refractivity (Wildman–Crippen MR) is 87.2 cm³/mol. The number of nitrogens with one attached hydrogen (secondary N) is 1. The molecule has 0 spiro atoms. The molecule has 2 atom stereocenters. The molecule has 24 heavy (non-hydrogen) atoms. The Morgan fingerprint density at radius 2 is 2.08 bits per heavy atom. The first-order chi connectivity index (χ1) is 11.6. The summed E-state index contributed by atoms with van der Waals surface area (Å²) in [4.78, 5) is 25.9. The van der Waals surface area contributed by atoms with Gasteiger partial charge in [-0.3, -0.25) is 14.3 Å². The number of aromatic nitrogens is 2. The van der Waals surface area contributed by atoms with E-state index in [4.69, 9.17) is 16.3 Å². The summed E-state index contributed by atoms with van der Waals surface area (Å²) < 4.78 is 6.44. The number of aliphatic hydroxyl groups excluding tert-OH is 2. The molecule has 0 saturated heterocycles. The van der Waals surface area contributed by atoms with Crippen molar-refractivity contribution in [3.05, 3.63) is 44.4 Å². The van der Waals surface area contributed by atoms with E-state index in [9.17, 15) is 14.7 Å². The molecule has 0 saturated carbocycles. The van der Waals surface area contributed by atoms with Crippen LogP contribution in [0, 0.1) is 24.2 Å². The Balaban J connectivity index is 2.18. The van der Waals surface area contributed by atoms with Gasteiger partial charge in [-0.25, -0.2) is 4.79 Å². The van der Waals surface area contributed by atoms with E-state index in [0.29, 0.717) is 12.8 Å². The Kier molecular flexibility index (Phi) is 6.02. The Labute approximate surface area is 138 Å². The summed E-state index contributed by atoms with van der Waals surface area (Å²) in [5.74, 6) is 7.97. The third kappa shape index (κ3) is 4.17. The summed E-state index contributed by atoms with van der Waals surface area (Å²) in [5.41, 5.74) is -1.15. The molecule has 1 aliphatic heterocycles. The van der Waals surface area contributed by atoms with Gasteiger partial charge in [-0.15, -0.1) is 12.3 Å². The number of ether oxygens (including phenoxy) is 1. The van der Waals surface area contributed by atoms with Crippen molar-refractivity contribution in [2.45, 2.75) is 38.0 Å². The monoisotopic (exact) mass is 330 g/mol. The molecule has 7 nitrogen and oxygen atoms in total. The number of hydrogen-bond acceptors (Lipinski definition) is 5. The highest BCUT2D eigenvalue weighted by molar-refractivity contribution is 5.29. The standard InChI is InChI=1S/C17H18N2O5/c1-2-3-4-5-6-7-8-12-10-19(17(23)18-16(12)22)15-9-13(21)14(11-20)24-15/h1,9-10,14-15,20-21H,3-6,11H2,(H,18,22,23)/t14-,15-/m1/s1. The molecular weight excluding hydrogens is 312 g/mol. The van der Waals surface area contributed by atoms with Crippen molar-refractivity contribution in [2.24, 2.45) is 0 Å². The summed E-state index contributed by atoms with van der Waals surface area (Å²) in [7, 11) is 0. The SMILES string of the molecule is C#CCCCCC#Cc1cn([C@H]2C=C(O)[C@@H](CO)O2)c(=O)[nH]c1=O. The predicted octanol–water partition coefficient (Wildman–Crippen LogP) is 0.413. The van der Waals surface area contributed by atoms with Crippen molar-refractivity contribution >= 4 is 0 Å². The fraction of sp³-hybridized carbons (Fsp3) is 0.412. The number of terminal acetylenes is 1. The minimum Gasteiger partial charge on any atom is -0.510 e. The van der Waals surface area contributed by atoms with Crippen LogP contribution in [0.15, 0.2) is 27.6 Å². The average Bonchev–Trinajstić information content (AvgIpc) is 2.93. The van der Waals surface area contributed by atoms with Gasteiger partial charge >= 0.3 is 5.69 Å². The van der Waals surface area contributed by atoms with Gasteiger partial charge in [0, 0.05) is 25.1 Å².